The van der Waals surface area contributed by atoms with Crippen LogP contribution in [0, 0.1) is 11.5 Å². The quantitative estimate of drug-likeness (QED) is 0.634. The largest absolute Gasteiger partial charge is 0.423 e. The Morgan fingerprint density at radius 1 is 1.42 bits per heavy atom. The van der Waals surface area contributed by atoms with Gasteiger partial charge in [-0.2, -0.15) is 5.26 Å². The molecule has 0 aliphatic heterocycles. The van der Waals surface area contributed by atoms with Gasteiger partial charge in [0.2, 0.25) is 0 Å². The number of nitrogens with zero attached hydrogens (tertiary/aromatic N) is 1. The van der Waals surface area contributed by atoms with Crippen molar-refractivity contribution in [3.63, 3.8) is 0 Å². The molecule has 0 saturated heterocycles. The molecule has 2 heteroatoms. The van der Waals surface area contributed by atoms with Gasteiger partial charge < -0.3 is 4.74 Å². The molecule has 60 valence electrons. The van der Waals surface area contributed by atoms with Gasteiger partial charge in [-0.15, -0.1) is 0 Å². The first-order valence-electron chi connectivity index (χ1n) is 3.59. The molecule has 0 aliphatic rings. The van der Waals surface area contributed by atoms with Crippen LogP contribution in [0.3, 0.4) is 0 Å². The normalized spacial score (nSPS) is 8.58. The highest BCUT2D eigenvalue weighted by molar-refractivity contribution is 5.47. The lowest BCUT2D eigenvalue weighted by Gasteiger charge is -1.97. The Labute approximate surface area is 71.7 Å². The fourth-order valence-electron chi connectivity index (χ4n) is 0.866. The van der Waals surface area contributed by atoms with E-state index < -0.39 is 0 Å². The predicted molar refractivity (Wildman–Crippen MR) is 46.9 cm³/mol. The summed E-state index contributed by atoms with van der Waals surface area (Å²) in [5.74, 6) is 0. The van der Waals surface area contributed by atoms with Crippen molar-refractivity contribution in [2.45, 2.75) is 6.61 Å². The first kappa shape index (κ1) is 8.35. The van der Waals surface area contributed by atoms with Crippen molar-refractivity contribution in [3.8, 4) is 6.26 Å². The summed E-state index contributed by atoms with van der Waals surface area (Å²) in [6, 6.07) is 7.69. The van der Waals surface area contributed by atoms with Gasteiger partial charge in [-0.25, -0.2) is 0 Å². The van der Waals surface area contributed by atoms with Crippen molar-refractivity contribution in [3.05, 3.63) is 42.0 Å². The zero-order valence-corrected chi connectivity index (χ0v) is 6.66. The Balaban J connectivity index is 2.66. The molecule has 2 nitrogen and oxygen atoms in total. The molecule has 0 radical (unpaired) electrons. The molecule has 12 heavy (non-hydrogen) atoms. The number of benzene rings is 1. The minimum absolute atomic E-state index is 0.341. The molecule has 0 N–H and O–H groups in total. The number of nitriles is 1. The van der Waals surface area contributed by atoms with Gasteiger partial charge in [-0.05, 0) is 11.1 Å². The number of ether oxygens (including phenoxy) is 1. The maximum Gasteiger partial charge on any atom is 0.286 e. The summed E-state index contributed by atoms with van der Waals surface area (Å²) < 4.78 is 4.57. The Morgan fingerprint density at radius 3 is 2.58 bits per heavy atom. The number of hydrogen-bond donors (Lipinski definition) is 0. The highest BCUT2D eigenvalue weighted by Crippen LogP contribution is 2.05. The SMILES string of the molecule is C=Cc1ccc(COC#N)cc1. The summed E-state index contributed by atoms with van der Waals surface area (Å²) in [7, 11) is 0. The zero-order chi connectivity index (χ0) is 8.81. The van der Waals surface area contributed by atoms with Crippen molar-refractivity contribution in [1.82, 2.24) is 0 Å². The average Bonchev–Trinajstić information content (AvgIpc) is 2.15. The molecular weight excluding hydrogens is 150 g/mol. The van der Waals surface area contributed by atoms with Crippen LogP contribution in [0.5, 0.6) is 0 Å². The van der Waals surface area contributed by atoms with Gasteiger partial charge in [0.15, 0.2) is 0 Å². The maximum atomic E-state index is 8.14. The van der Waals surface area contributed by atoms with Crippen LogP contribution >= 0.6 is 0 Å². The first-order valence-corrected chi connectivity index (χ1v) is 3.59. The second kappa shape index (κ2) is 4.20. The van der Waals surface area contributed by atoms with Gasteiger partial charge in [-0.1, -0.05) is 36.9 Å². The van der Waals surface area contributed by atoms with Gasteiger partial charge in [0.25, 0.3) is 6.26 Å². The van der Waals surface area contributed by atoms with Crippen molar-refractivity contribution in [2.24, 2.45) is 0 Å². The van der Waals surface area contributed by atoms with E-state index in [1.165, 1.54) is 0 Å². The van der Waals surface area contributed by atoms with Crippen molar-refractivity contribution in [1.29, 1.82) is 5.26 Å². The Morgan fingerprint density at radius 2 is 2.08 bits per heavy atom. The Kier molecular flexibility index (Phi) is 2.92. The lowest BCUT2D eigenvalue weighted by molar-refractivity contribution is 0.257. The lowest BCUT2D eigenvalue weighted by atomic mass is 10.1. The smallest absolute Gasteiger partial charge is 0.286 e. The lowest BCUT2D eigenvalue weighted by Crippen LogP contribution is -1.85. The summed E-state index contributed by atoms with van der Waals surface area (Å²) in [4.78, 5) is 0. The van der Waals surface area contributed by atoms with Crippen LogP contribution in [-0.4, -0.2) is 0 Å². The molecule has 1 aromatic carbocycles. The van der Waals surface area contributed by atoms with Crippen LogP contribution in [0.15, 0.2) is 30.8 Å². The van der Waals surface area contributed by atoms with E-state index in [1.807, 2.05) is 24.3 Å². The van der Waals surface area contributed by atoms with E-state index in [1.54, 1.807) is 12.3 Å². The third-order valence-electron chi connectivity index (χ3n) is 1.52. The van der Waals surface area contributed by atoms with Crippen molar-refractivity contribution >= 4 is 6.08 Å². The first-order chi connectivity index (χ1) is 5.86. The van der Waals surface area contributed by atoms with E-state index in [4.69, 9.17) is 5.26 Å². The van der Waals surface area contributed by atoms with Gasteiger partial charge >= 0.3 is 0 Å². The van der Waals surface area contributed by atoms with Crippen LogP contribution in [-0.2, 0) is 11.3 Å². The molecule has 0 spiro atoms. The fraction of sp³-hybridized carbons (Fsp3) is 0.100. The van der Waals surface area contributed by atoms with E-state index in [9.17, 15) is 0 Å². The topological polar surface area (TPSA) is 33.0 Å². The molecule has 0 amide bonds. The van der Waals surface area contributed by atoms with Crippen molar-refractivity contribution in [2.75, 3.05) is 0 Å². The minimum Gasteiger partial charge on any atom is -0.423 e. The van der Waals surface area contributed by atoms with Crippen molar-refractivity contribution < 1.29 is 4.74 Å². The van der Waals surface area contributed by atoms with Crippen LogP contribution in [0.25, 0.3) is 6.08 Å². The van der Waals surface area contributed by atoms with E-state index in [0.717, 1.165) is 11.1 Å². The molecule has 0 heterocycles. The molecule has 1 aromatic rings. The van der Waals surface area contributed by atoms with E-state index in [-0.39, 0.29) is 0 Å². The summed E-state index contributed by atoms with van der Waals surface area (Å²) in [5.41, 5.74) is 2.05. The summed E-state index contributed by atoms with van der Waals surface area (Å²) in [5, 5.41) is 8.14. The van der Waals surface area contributed by atoms with Crippen LogP contribution in [0.4, 0.5) is 0 Å². The van der Waals surface area contributed by atoms with Crippen LogP contribution in [0.1, 0.15) is 11.1 Å². The number of hydrogen-bond acceptors (Lipinski definition) is 2. The van der Waals surface area contributed by atoms with Gasteiger partial charge in [0, 0.05) is 0 Å². The molecule has 0 aromatic heterocycles. The number of rotatable bonds is 3. The Hall–Kier alpha value is -1.75. The van der Waals surface area contributed by atoms with Gasteiger partial charge in [0.1, 0.15) is 6.61 Å². The molecule has 0 bridgehead atoms. The highest BCUT2D eigenvalue weighted by atomic mass is 16.5. The zero-order valence-electron chi connectivity index (χ0n) is 6.66. The minimum atomic E-state index is 0.341. The van der Waals surface area contributed by atoms with Gasteiger partial charge in [0.05, 0.1) is 0 Å². The molecule has 0 atom stereocenters. The average molecular weight is 159 g/mol. The standard InChI is InChI=1S/C10H9NO/c1-2-9-3-5-10(6-4-9)7-12-8-11/h2-6H,1,7H2. The molecule has 0 saturated carbocycles. The predicted octanol–water partition coefficient (Wildman–Crippen LogP) is 2.33. The second-order valence-corrected chi connectivity index (χ2v) is 2.33. The van der Waals surface area contributed by atoms with E-state index in [2.05, 4.69) is 11.3 Å². The van der Waals surface area contributed by atoms with E-state index >= 15 is 0 Å². The van der Waals surface area contributed by atoms with Crippen LogP contribution in [0.2, 0.25) is 0 Å². The van der Waals surface area contributed by atoms with E-state index in [0.29, 0.717) is 6.61 Å². The third-order valence-corrected chi connectivity index (χ3v) is 1.52. The second-order valence-electron chi connectivity index (χ2n) is 2.33. The molecular formula is C10H9NO. The van der Waals surface area contributed by atoms with Gasteiger partial charge in [-0.3, -0.25) is 0 Å². The highest BCUT2D eigenvalue weighted by Gasteiger charge is 1.91. The molecule has 0 aliphatic carbocycles. The summed E-state index contributed by atoms with van der Waals surface area (Å²) in [6.45, 7) is 3.98. The monoisotopic (exact) mass is 159 g/mol. The molecule has 0 unspecified atom stereocenters. The van der Waals surface area contributed by atoms with Crippen LogP contribution < -0.4 is 0 Å². The molecule has 1 rings (SSSR count). The molecule has 0 fully saturated rings. The summed E-state index contributed by atoms with van der Waals surface area (Å²) in [6.07, 6.45) is 3.40. The third kappa shape index (κ3) is 2.14. The Bertz CT molecular complexity index is 295. The maximum absolute atomic E-state index is 8.14. The fourth-order valence-corrected chi connectivity index (χ4v) is 0.866. The summed E-state index contributed by atoms with van der Waals surface area (Å²) >= 11 is 0.